The zero-order valence-electron chi connectivity index (χ0n) is 11.6. The fourth-order valence-corrected chi connectivity index (χ4v) is 3.29. The van der Waals surface area contributed by atoms with E-state index >= 15 is 0 Å². The number of alkyl halides is 4. The van der Waals surface area contributed by atoms with Gasteiger partial charge in [0, 0.05) is 17.3 Å². The van der Waals surface area contributed by atoms with Gasteiger partial charge in [0.15, 0.2) is 0 Å². The van der Waals surface area contributed by atoms with E-state index in [1.165, 1.54) is 0 Å². The molecule has 1 N–H and O–H groups in total. The summed E-state index contributed by atoms with van der Waals surface area (Å²) in [5.74, 6) is 0.295. The molecule has 20 heavy (non-hydrogen) atoms. The summed E-state index contributed by atoms with van der Waals surface area (Å²) in [7, 11) is 0. The first kappa shape index (κ1) is 17.8. The lowest BCUT2D eigenvalue weighted by atomic mass is 9.77. The topological polar surface area (TPSA) is 38.3 Å². The van der Waals surface area contributed by atoms with E-state index in [4.69, 9.17) is 0 Å². The highest BCUT2D eigenvalue weighted by Gasteiger charge is 2.35. The molecule has 118 valence electrons. The van der Waals surface area contributed by atoms with Crippen LogP contribution in [0.2, 0.25) is 0 Å². The summed E-state index contributed by atoms with van der Waals surface area (Å²) in [5, 5.41) is 3.63. The molecule has 7 heteroatoms. The van der Waals surface area contributed by atoms with Crippen LogP contribution in [-0.4, -0.2) is 36.2 Å². The molecule has 0 aliphatic heterocycles. The summed E-state index contributed by atoms with van der Waals surface area (Å²) in [5.41, 5.74) is -0.265. The highest BCUT2D eigenvalue weighted by Crippen LogP contribution is 2.33. The number of hydrogen-bond acceptors (Lipinski definition) is 2. The number of halogens is 4. The van der Waals surface area contributed by atoms with E-state index in [0.29, 0.717) is 11.2 Å². The summed E-state index contributed by atoms with van der Waals surface area (Å²) in [6.45, 7) is 0.634. The largest absolute Gasteiger partial charge is 0.411 e. The molecule has 0 heterocycles. The first-order chi connectivity index (χ1) is 9.26. The molecule has 1 fully saturated rings. The second-order valence-corrected chi connectivity index (χ2v) is 6.14. The molecule has 3 nitrogen and oxygen atoms in total. The van der Waals surface area contributed by atoms with Gasteiger partial charge in [-0.3, -0.25) is 4.79 Å². The normalized spacial score (nSPS) is 27.4. The lowest BCUT2D eigenvalue weighted by molar-refractivity contribution is -0.174. The Hall–Kier alpha value is -0.300. The maximum Gasteiger partial charge on any atom is 0.411 e. The number of nitrogens with one attached hydrogen (secondary N) is 1. The SMILES string of the molecule is CC1CCCC(CBr)(NC(=O)CCOCC(F)(F)F)C1. The first-order valence-corrected chi connectivity index (χ1v) is 7.90. The fourth-order valence-electron chi connectivity index (χ4n) is 2.64. The molecule has 0 aromatic carbocycles. The summed E-state index contributed by atoms with van der Waals surface area (Å²) in [6, 6.07) is 0. The number of amides is 1. The zero-order chi connectivity index (χ0) is 15.2. The number of hydrogen-bond donors (Lipinski definition) is 1. The molecule has 1 aliphatic carbocycles. The molecule has 0 bridgehead atoms. The van der Waals surface area contributed by atoms with Crippen molar-refractivity contribution in [2.75, 3.05) is 18.5 Å². The Balaban J connectivity index is 2.33. The van der Waals surface area contributed by atoms with Crippen LogP contribution in [0.15, 0.2) is 0 Å². The monoisotopic (exact) mass is 359 g/mol. The van der Waals surface area contributed by atoms with Gasteiger partial charge in [-0.25, -0.2) is 0 Å². The van der Waals surface area contributed by atoms with Gasteiger partial charge in [0.05, 0.1) is 6.61 Å². The van der Waals surface area contributed by atoms with Crippen molar-refractivity contribution in [1.82, 2.24) is 5.32 Å². The summed E-state index contributed by atoms with van der Waals surface area (Å²) >= 11 is 3.44. The number of rotatable bonds is 6. The van der Waals surface area contributed by atoms with E-state index in [9.17, 15) is 18.0 Å². The average molecular weight is 360 g/mol. The van der Waals surface area contributed by atoms with Crippen molar-refractivity contribution in [3.63, 3.8) is 0 Å². The molecule has 0 spiro atoms. The highest BCUT2D eigenvalue weighted by atomic mass is 79.9. The first-order valence-electron chi connectivity index (χ1n) is 6.78. The third kappa shape index (κ3) is 6.43. The van der Waals surface area contributed by atoms with Gasteiger partial charge >= 0.3 is 6.18 Å². The van der Waals surface area contributed by atoms with Crippen LogP contribution >= 0.6 is 15.9 Å². The predicted molar refractivity (Wildman–Crippen MR) is 73.8 cm³/mol. The van der Waals surface area contributed by atoms with Crippen molar-refractivity contribution in [2.24, 2.45) is 5.92 Å². The van der Waals surface area contributed by atoms with Gasteiger partial charge in [0.1, 0.15) is 6.61 Å². The third-order valence-corrected chi connectivity index (χ3v) is 4.56. The molecule has 1 rings (SSSR count). The van der Waals surface area contributed by atoms with E-state index in [2.05, 4.69) is 32.9 Å². The lowest BCUT2D eigenvalue weighted by Gasteiger charge is -2.39. The Bertz CT molecular complexity index is 325. The molecular weight excluding hydrogens is 339 g/mol. The van der Waals surface area contributed by atoms with E-state index in [-0.39, 0.29) is 24.5 Å². The molecule has 0 saturated heterocycles. The zero-order valence-corrected chi connectivity index (χ0v) is 13.1. The predicted octanol–water partition coefficient (Wildman–Crippen LogP) is 3.42. The van der Waals surface area contributed by atoms with Gasteiger partial charge in [0.25, 0.3) is 0 Å². The van der Waals surface area contributed by atoms with E-state index in [1.54, 1.807) is 0 Å². The smallest absolute Gasteiger partial charge is 0.372 e. The second-order valence-electron chi connectivity index (χ2n) is 5.58. The molecule has 2 unspecified atom stereocenters. The maximum absolute atomic E-state index is 11.9. The van der Waals surface area contributed by atoms with Crippen molar-refractivity contribution >= 4 is 21.8 Å². The maximum atomic E-state index is 11.9. The number of ether oxygens (including phenoxy) is 1. The summed E-state index contributed by atoms with van der Waals surface area (Å²) in [6.07, 6.45) is -0.381. The van der Waals surface area contributed by atoms with Crippen LogP contribution in [0.4, 0.5) is 13.2 Å². The van der Waals surface area contributed by atoms with Gasteiger partial charge < -0.3 is 10.1 Å². The van der Waals surface area contributed by atoms with Crippen LogP contribution < -0.4 is 5.32 Å². The van der Waals surface area contributed by atoms with Crippen molar-refractivity contribution in [3.8, 4) is 0 Å². The van der Waals surface area contributed by atoms with Gasteiger partial charge in [-0.05, 0) is 18.8 Å². The Morgan fingerprint density at radius 2 is 2.20 bits per heavy atom. The lowest BCUT2D eigenvalue weighted by Crippen LogP contribution is -2.52. The van der Waals surface area contributed by atoms with Gasteiger partial charge in [-0.15, -0.1) is 0 Å². The van der Waals surface area contributed by atoms with Gasteiger partial charge in [0.2, 0.25) is 5.91 Å². The van der Waals surface area contributed by atoms with Crippen LogP contribution in [-0.2, 0) is 9.53 Å². The minimum Gasteiger partial charge on any atom is -0.372 e. The minimum absolute atomic E-state index is 0.0424. The van der Waals surface area contributed by atoms with Crippen LogP contribution in [0.1, 0.15) is 39.0 Å². The molecule has 1 aliphatic rings. The molecule has 1 saturated carbocycles. The van der Waals surface area contributed by atoms with E-state index < -0.39 is 12.8 Å². The Labute approximate surface area is 125 Å². The Morgan fingerprint density at radius 3 is 2.75 bits per heavy atom. The number of carbonyl (C=O) groups excluding carboxylic acids is 1. The van der Waals surface area contributed by atoms with Crippen LogP contribution in [0.3, 0.4) is 0 Å². The minimum atomic E-state index is -4.34. The molecular formula is C13H21BrF3NO2. The van der Waals surface area contributed by atoms with E-state index in [0.717, 1.165) is 25.7 Å². The highest BCUT2D eigenvalue weighted by molar-refractivity contribution is 9.09. The third-order valence-electron chi connectivity index (χ3n) is 3.49. The van der Waals surface area contributed by atoms with Gasteiger partial charge in [-0.2, -0.15) is 13.2 Å². The number of carbonyl (C=O) groups is 1. The molecule has 2 atom stereocenters. The van der Waals surface area contributed by atoms with Crippen molar-refractivity contribution in [3.05, 3.63) is 0 Å². The second kappa shape index (κ2) is 7.64. The fraction of sp³-hybridized carbons (Fsp3) is 0.923. The molecule has 1 amide bonds. The quantitative estimate of drug-likeness (QED) is 0.582. The van der Waals surface area contributed by atoms with Crippen molar-refractivity contribution < 1.29 is 22.7 Å². The molecule has 0 radical (unpaired) electrons. The van der Waals surface area contributed by atoms with E-state index in [1.807, 2.05) is 0 Å². The average Bonchev–Trinajstić information content (AvgIpc) is 2.33. The molecule has 0 aromatic heterocycles. The summed E-state index contributed by atoms with van der Waals surface area (Å²) < 4.78 is 40.1. The Kier molecular flexibility index (Phi) is 6.78. The van der Waals surface area contributed by atoms with Crippen molar-refractivity contribution in [1.29, 1.82) is 0 Å². The van der Waals surface area contributed by atoms with Crippen molar-refractivity contribution in [2.45, 2.75) is 50.7 Å². The standard InChI is InChI=1S/C13H21BrF3NO2/c1-10-3-2-5-12(7-10,8-14)18-11(19)4-6-20-9-13(15,16)17/h10H,2-9H2,1H3,(H,18,19). The van der Waals surface area contributed by atoms with Crippen LogP contribution in [0, 0.1) is 5.92 Å². The van der Waals surface area contributed by atoms with Gasteiger partial charge in [-0.1, -0.05) is 35.7 Å². The van der Waals surface area contributed by atoms with Crippen LogP contribution in [0.5, 0.6) is 0 Å². The Morgan fingerprint density at radius 1 is 1.50 bits per heavy atom. The molecule has 0 aromatic rings. The van der Waals surface area contributed by atoms with Crippen LogP contribution in [0.25, 0.3) is 0 Å². The summed E-state index contributed by atoms with van der Waals surface area (Å²) in [4.78, 5) is 11.8.